The first-order chi connectivity index (χ1) is 4.83. The van der Waals surface area contributed by atoms with Crippen LogP contribution in [0, 0.1) is 5.92 Å². The standard InChI is InChI=1S/C8H17NS/c9-6-8(10)5-7-3-1-2-4-7/h7-8,10H,1-6,9H2. The molecule has 0 bridgehead atoms. The highest BCUT2D eigenvalue weighted by molar-refractivity contribution is 7.81. The Labute approximate surface area is 68.8 Å². The fourth-order valence-electron chi connectivity index (χ4n) is 1.73. The van der Waals surface area contributed by atoms with E-state index < -0.39 is 0 Å². The summed E-state index contributed by atoms with van der Waals surface area (Å²) in [4.78, 5) is 0. The van der Waals surface area contributed by atoms with E-state index in [4.69, 9.17) is 5.73 Å². The molecule has 0 aromatic heterocycles. The van der Waals surface area contributed by atoms with Crippen LogP contribution in [-0.4, -0.2) is 11.8 Å². The molecule has 0 saturated heterocycles. The fraction of sp³-hybridized carbons (Fsp3) is 1.00. The number of rotatable bonds is 3. The topological polar surface area (TPSA) is 26.0 Å². The van der Waals surface area contributed by atoms with E-state index in [1.807, 2.05) is 0 Å². The molecule has 1 saturated carbocycles. The van der Waals surface area contributed by atoms with Crippen LogP contribution in [0.3, 0.4) is 0 Å². The van der Waals surface area contributed by atoms with Crippen LogP contribution >= 0.6 is 12.6 Å². The van der Waals surface area contributed by atoms with Crippen molar-refractivity contribution in [2.24, 2.45) is 11.7 Å². The second-order valence-electron chi connectivity index (χ2n) is 3.28. The van der Waals surface area contributed by atoms with E-state index in [9.17, 15) is 0 Å². The SMILES string of the molecule is NCC(S)CC1CCCC1. The number of thiol groups is 1. The van der Waals surface area contributed by atoms with E-state index in [2.05, 4.69) is 12.6 Å². The summed E-state index contributed by atoms with van der Waals surface area (Å²) in [7, 11) is 0. The third kappa shape index (κ3) is 2.51. The smallest absolute Gasteiger partial charge is 0.0142 e. The van der Waals surface area contributed by atoms with Crippen LogP contribution in [0.2, 0.25) is 0 Å². The number of hydrogen-bond donors (Lipinski definition) is 2. The van der Waals surface area contributed by atoms with Gasteiger partial charge in [-0.25, -0.2) is 0 Å². The lowest BCUT2D eigenvalue weighted by Crippen LogP contribution is -2.16. The van der Waals surface area contributed by atoms with Crippen molar-refractivity contribution < 1.29 is 0 Å². The summed E-state index contributed by atoms with van der Waals surface area (Å²) in [5, 5.41) is 0.447. The van der Waals surface area contributed by atoms with Gasteiger partial charge >= 0.3 is 0 Å². The summed E-state index contributed by atoms with van der Waals surface area (Å²) in [5.74, 6) is 0.936. The third-order valence-corrected chi connectivity index (χ3v) is 2.77. The molecule has 60 valence electrons. The molecular weight excluding hydrogens is 142 g/mol. The molecule has 1 aliphatic carbocycles. The molecule has 0 amide bonds. The Kier molecular flexibility index (Phi) is 3.57. The van der Waals surface area contributed by atoms with Crippen molar-refractivity contribution in [1.29, 1.82) is 0 Å². The molecule has 0 aliphatic heterocycles. The Bertz CT molecular complexity index is 89.3. The molecular formula is C8H17NS. The van der Waals surface area contributed by atoms with Crippen molar-refractivity contribution in [3.05, 3.63) is 0 Å². The second-order valence-corrected chi connectivity index (χ2v) is 4.01. The quantitative estimate of drug-likeness (QED) is 0.604. The monoisotopic (exact) mass is 159 g/mol. The van der Waals surface area contributed by atoms with Gasteiger partial charge in [0.25, 0.3) is 0 Å². The van der Waals surface area contributed by atoms with Crippen molar-refractivity contribution in [1.82, 2.24) is 0 Å². The van der Waals surface area contributed by atoms with E-state index in [0.29, 0.717) is 5.25 Å². The summed E-state index contributed by atoms with van der Waals surface area (Å²) in [6.45, 7) is 0.736. The lowest BCUT2D eigenvalue weighted by molar-refractivity contribution is 0.496. The Morgan fingerprint density at radius 3 is 2.50 bits per heavy atom. The van der Waals surface area contributed by atoms with Crippen LogP contribution in [0.5, 0.6) is 0 Å². The first-order valence-corrected chi connectivity index (χ1v) is 4.72. The molecule has 0 heterocycles. The lowest BCUT2D eigenvalue weighted by Gasteiger charge is -2.12. The number of hydrogen-bond acceptors (Lipinski definition) is 2. The summed E-state index contributed by atoms with van der Waals surface area (Å²) >= 11 is 4.38. The summed E-state index contributed by atoms with van der Waals surface area (Å²) in [5.41, 5.74) is 5.47. The predicted octanol–water partition coefficient (Wildman–Crippen LogP) is 1.82. The second kappa shape index (κ2) is 4.24. The molecule has 0 aromatic carbocycles. The highest BCUT2D eigenvalue weighted by atomic mass is 32.1. The van der Waals surface area contributed by atoms with E-state index >= 15 is 0 Å². The van der Waals surface area contributed by atoms with Crippen LogP contribution < -0.4 is 5.73 Å². The van der Waals surface area contributed by atoms with Gasteiger partial charge < -0.3 is 5.73 Å². The molecule has 1 unspecified atom stereocenters. The van der Waals surface area contributed by atoms with E-state index in [1.165, 1.54) is 32.1 Å². The first kappa shape index (κ1) is 8.41. The van der Waals surface area contributed by atoms with Gasteiger partial charge in [0.2, 0.25) is 0 Å². The van der Waals surface area contributed by atoms with Gasteiger partial charge in [-0.3, -0.25) is 0 Å². The predicted molar refractivity (Wildman–Crippen MR) is 48.4 cm³/mol. The van der Waals surface area contributed by atoms with Gasteiger partial charge in [0.05, 0.1) is 0 Å². The zero-order valence-corrected chi connectivity index (χ0v) is 7.32. The lowest BCUT2D eigenvalue weighted by atomic mass is 10.0. The van der Waals surface area contributed by atoms with Gasteiger partial charge in [-0.05, 0) is 12.3 Å². The molecule has 2 N–H and O–H groups in total. The summed E-state index contributed by atoms with van der Waals surface area (Å²) < 4.78 is 0. The minimum Gasteiger partial charge on any atom is -0.329 e. The van der Waals surface area contributed by atoms with E-state index in [1.54, 1.807) is 0 Å². The maximum atomic E-state index is 5.47. The molecule has 10 heavy (non-hydrogen) atoms. The van der Waals surface area contributed by atoms with Gasteiger partial charge in [-0.2, -0.15) is 12.6 Å². The normalized spacial score (nSPS) is 23.4. The summed E-state index contributed by atoms with van der Waals surface area (Å²) in [6.07, 6.45) is 6.92. The van der Waals surface area contributed by atoms with Crippen LogP contribution in [-0.2, 0) is 0 Å². The van der Waals surface area contributed by atoms with Crippen molar-refractivity contribution in [2.75, 3.05) is 6.54 Å². The molecule has 1 atom stereocenters. The van der Waals surface area contributed by atoms with Crippen molar-refractivity contribution in [2.45, 2.75) is 37.4 Å². The maximum absolute atomic E-state index is 5.47. The van der Waals surface area contributed by atoms with Crippen LogP contribution in [0.25, 0.3) is 0 Å². The molecule has 0 spiro atoms. The van der Waals surface area contributed by atoms with Crippen molar-refractivity contribution in [3.8, 4) is 0 Å². The Morgan fingerprint density at radius 1 is 1.40 bits per heavy atom. The highest BCUT2D eigenvalue weighted by Crippen LogP contribution is 2.29. The van der Waals surface area contributed by atoms with E-state index in [0.717, 1.165) is 12.5 Å². The Balaban J connectivity index is 2.11. The molecule has 1 aliphatic rings. The molecule has 1 nitrogen and oxygen atoms in total. The molecule has 2 heteroatoms. The molecule has 1 rings (SSSR count). The minimum absolute atomic E-state index is 0.447. The average Bonchev–Trinajstić information content (AvgIpc) is 2.40. The van der Waals surface area contributed by atoms with Crippen LogP contribution in [0.4, 0.5) is 0 Å². The highest BCUT2D eigenvalue weighted by Gasteiger charge is 2.16. The molecule has 0 aromatic rings. The van der Waals surface area contributed by atoms with Crippen molar-refractivity contribution in [3.63, 3.8) is 0 Å². The Hall–Kier alpha value is 0.310. The summed E-state index contributed by atoms with van der Waals surface area (Å²) in [6, 6.07) is 0. The fourth-order valence-corrected chi connectivity index (χ4v) is 2.03. The Morgan fingerprint density at radius 2 is 2.00 bits per heavy atom. The van der Waals surface area contributed by atoms with Crippen LogP contribution in [0.15, 0.2) is 0 Å². The van der Waals surface area contributed by atoms with E-state index in [-0.39, 0.29) is 0 Å². The first-order valence-electron chi connectivity index (χ1n) is 4.21. The maximum Gasteiger partial charge on any atom is 0.0142 e. The zero-order valence-electron chi connectivity index (χ0n) is 6.42. The van der Waals surface area contributed by atoms with Gasteiger partial charge in [0.15, 0.2) is 0 Å². The van der Waals surface area contributed by atoms with Crippen LogP contribution in [0.1, 0.15) is 32.1 Å². The largest absolute Gasteiger partial charge is 0.329 e. The zero-order chi connectivity index (χ0) is 7.40. The minimum atomic E-state index is 0.447. The molecule has 0 radical (unpaired) electrons. The molecule has 1 fully saturated rings. The van der Waals surface area contributed by atoms with Gasteiger partial charge in [0.1, 0.15) is 0 Å². The third-order valence-electron chi connectivity index (χ3n) is 2.35. The van der Waals surface area contributed by atoms with Gasteiger partial charge in [0, 0.05) is 11.8 Å². The number of nitrogens with two attached hydrogens (primary N) is 1. The average molecular weight is 159 g/mol. The van der Waals surface area contributed by atoms with Crippen molar-refractivity contribution >= 4 is 12.6 Å². The van der Waals surface area contributed by atoms with Gasteiger partial charge in [-0.1, -0.05) is 25.7 Å². The van der Waals surface area contributed by atoms with Gasteiger partial charge in [-0.15, -0.1) is 0 Å².